The lowest BCUT2D eigenvalue weighted by Crippen LogP contribution is -2.32. The molecule has 2 aromatic carbocycles. The summed E-state index contributed by atoms with van der Waals surface area (Å²) in [5.41, 5.74) is 3.73. The first-order chi connectivity index (χ1) is 15.6. The van der Waals surface area contributed by atoms with Gasteiger partial charge in [0.1, 0.15) is 5.02 Å². The number of nitrogens with one attached hydrogen (secondary N) is 1. The van der Waals surface area contributed by atoms with Gasteiger partial charge in [0.25, 0.3) is 0 Å². The first-order valence-corrected chi connectivity index (χ1v) is 10.9. The van der Waals surface area contributed by atoms with E-state index in [4.69, 9.17) is 11.6 Å². The zero-order valence-electron chi connectivity index (χ0n) is 18.2. The van der Waals surface area contributed by atoms with Gasteiger partial charge < -0.3 is 4.98 Å². The van der Waals surface area contributed by atoms with Crippen molar-refractivity contribution in [1.29, 1.82) is 0 Å². The molecule has 0 amide bonds. The van der Waals surface area contributed by atoms with Gasteiger partial charge in [0.05, 0.1) is 12.1 Å². The van der Waals surface area contributed by atoms with Crippen LogP contribution in [0.1, 0.15) is 33.6 Å². The SMILES string of the molecule is Cc1[nH]c(C)c(-c2ccc(C#CCN3CCc4cccc(C(F)(F)F)c4C3)cc2)c(=O)c1Cl. The third kappa shape index (κ3) is 4.85. The molecule has 2 heterocycles. The Labute approximate surface area is 195 Å². The number of hydrogen-bond donors (Lipinski definition) is 1. The molecule has 3 aromatic rings. The summed E-state index contributed by atoms with van der Waals surface area (Å²) in [6.07, 6.45) is -3.79. The minimum atomic E-state index is -4.36. The maximum atomic E-state index is 13.3. The second-order valence-electron chi connectivity index (χ2n) is 8.17. The van der Waals surface area contributed by atoms with Gasteiger partial charge in [0.2, 0.25) is 5.43 Å². The van der Waals surface area contributed by atoms with Gasteiger partial charge in [-0.25, -0.2) is 0 Å². The summed E-state index contributed by atoms with van der Waals surface area (Å²) in [6.45, 7) is 4.85. The Bertz CT molecular complexity index is 1310. The summed E-state index contributed by atoms with van der Waals surface area (Å²) in [6, 6.07) is 11.7. The fraction of sp³-hybridized carbons (Fsp3) is 0.269. The fourth-order valence-corrected chi connectivity index (χ4v) is 4.35. The highest BCUT2D eigenvalue weighted by atomic mass is 35.5. The highest BCUT2D eigenvalue weighted by Crippen LogP contribution is 2.35. The number of nitrogens with zero attached hydrogens (tertiary/aromatic N) is 1. The highest BCUT2D eigenvalue weighted by molar-refractivity contribution is 6.31. The number of aromatic amines is 1. The van der Waals surface area contributed by atoms with Gasteiger partial charge in [-0.05, 0) is 55.2 Å². The average molecular weight is 471 g/mol. The molecular weight excluding hydrogens is 449 g/mol. The van der Waals surface area contributed by atoms with Crippen molar-refractivity contribution in [2.24, 2.45) is 0 Å². The summed E-state index contributed by atoms with van der Waals surface area (Å²) in [5, 5.41) is 0.177. The zero-order valence-corrected chi connectivity index (χ0v) is 19.0. The number of hydrogen-bond acceptors (Lipinski definition) is 2. The van der Waals surface area contributed by atoms with Crippen molar-refractivity contribution in [3.05, 3.63) is 91.4 Å². The molecule has 0 fully saturated rings. The number of fused-ring (bicyclic) bond motifs is 1. The van der Waals surface area contributed by atoms with Gasteiger partial charge in [-0.2, -0.15) is 13.2 Å². The van der Waals surface area contributed by atoms with Gasteiger partial charge in [0.15, 0.2) is 0 Å². The average Bonchev–Trinajstić information content (AvgIpc) is 2.77. The monoisotopic (exact) mass is 470 g/mol. The molecule has 7 heteroatoms. The van der Waals surface area contributed by atoms with Gasteiger partial charge >= 0.3 is 6.18 Å². The zero-order chi connectivity index (χ0) is 23.8. The quantitative estimate of drug-likeness (QED) is 0.485. The van der Waals surface area contributed by atoms with Crippen LogP contribution in [0.25, 0.3) is 11.1 Å². The molecule has 0 bridgehead atoms. The summed E-state index contributed by atoms with van der Waals surface area (Å²) in [4.78, 5) is 17.6. The van der Waals surface area contributed by atoms with Gasteiger partial charge in [0, 0.05) is 35.6 Å². The number of aromatic nitrogens is 1. The van der Waals surface area contributed by atoms with E-state index in [0.29, 0.717) is 36.3 Å². The van der Waals surface area contributed by atoms with Gasteiger partial charge in [-0.15, -0.1) is 0 Å². The largest absolute Gasteiger partial charge is 0.416 e. The number of halogens is 4. The molecular formula is C26H22ClF3N2O. The fourth-order valence-electron chi connectivity index (χ4n) is 4.21. The maximum Gasteiger partial charge on any atom is 0.416 e. The lowest BCUT2D eigenvalue weighted by atomic mass is 9.94. The molecule has 1 aromatic heterocycles. The second-order valence-corrected chi connectivity index (χ2v) is 8.55. The molecule has 33 heavy (non-hydrogen) atoms. The molecule has 0 spiro atoms. The Morgan fingerprint density at radius 2 is 1.82 bits per heavy atom. The van der Waals surface area contributed by atoms with Crippen LogP contribution >= 0.6 is 11.6 Å². The van der Waals surface area contributed by atoms with E-state index in [-0.39, 0.29) is 17.0 Å². The summed E-state index contributed by atoms with van der Waals surface area (Å²) < 4.78 is 40.0. The number of pyridine rings is 1. The van der Waals surface area contributed by atoms with Crippen LogP contribution in [0, 0.1) is 25.7 Å². The third-order valence-corrected chi connectivity index (χ3v) is 6.33. The predicted octanol–water partition coefficient (Wildman–Crippen LogP) is 5.74. The number of rotatable bonds is 2. The van der Waals surface area contributed by atoms with Crippen LogP contribution < -0.4 is 5.43 Å². The Hall–Kier alpha value is -3.01. The van der Waals surface area contributed by atoms with Crippen molar-refractivity contribution < 1.29 is 13.2 Å². The molecule has 4 rings (SSSR count). The van der Waals surface area contributed by atoms with Crippen molar-refractivity contribution in [2.45, 2.75) is 33.0 Å². The van der Waals surface area contributed by atoms with E-state index in [1.54, 1.807) is 13.0 Å². The van der Waals surface area contributed by atoms with Crippen LogP contribution in [0.3, 0.4) is 0 Å². The Balaban J connectivity index is 1.48. The van der Waals surface area contributed by atoms with E-state index in [2.05, 4.69) is 16.8 Å². The van der Waals surface area contributed by atoms with Gasteiger partial charge in [-0.1, -0.05) is 47.7 Å². The van der Waals surface area contributed by atoms with Crippen molar-refractivity contribution in [3.8, 4) is 23.0 Å². The second kappa shape index (κ2) is 9.09. The van der Waals surface area contributed by atoms with E-state index in [1.165, 1.54) is 6.07 Å². The number of alkyl halides is 3. The molecule has 1 aliphatic rings. The normalized spacial score (nSPS) is 13.9. The third-order valence-electron chi connectivity index (χ3n) is 5.87. The van der Waals surface area contributed by atoms with Crippen molar-refractivity contribution in [3.63, 3.8) is 0 Å². The standard InChI is InChI=1S/C26H22ClF3N2O/c1-16-23(25(33)24(27)17(2)31-16)20-10-8-18(9-11-20)5-4-13-32-14-12-19-6-3-7-22(21(19)15-32)26(28,29)30/h3,6-11H,12-15H2,1-2H3,(H,31,33). The van der Waals surface area contributed by atoms with Crippen molar-refractivity contribution in [2.75, 3.05) is 13.1 Å². The van der Waals surface area contributed by atoms with Crippen LogP contribution in [-0.2, 0) is 19.1 Å². The minimum Gasteiger partial charge on any atom is -0.361 e. The highest BCUT2D eigenvalue weighted by Gasteiger charge is 2.35. The van der Waals surface area contributed by atoms with Crippen LogP contribution in [0.4, 0.5) is 13.2 Å². The molecule has 0 saturated heterocycles. The van der Waals surface area contributed by atoms with E-state index in [1.807, 2.05) is 36.1 Å². The molecule has 1 aliphatic heterocycles. The van der Waals surface area contributed by atoms with Crippen LogP contribution in [-0.4, -0.2) is 23.0 Å². The van der Waals surface area contributed by atoms with E-state index < -0.39 is 11.7 Å². The first-order valence-electron chi connectivity index (χ1n) is 10.5. The molecule has 0 saturated carbocycles. The van der Waals surface area contributed by atoms with Crippen LogP contribution in [0.15, 0.2) is 47.3 Å². The maximum absolute atomic E-state index is 13.3. The smallest absolute Gasteiger partial charge is 0.361 e. The summed E-state index contributed by atoms with van der Waals surface area (Å²) in [7, 11) is 0. The van der Waals surface area contributed by atoms with Crippen molar-refractivity contribution in [1.82, 2.24) is 9.88 Å². The molecule has 1 N–H and O–H groups in total. The number of benzene rings is 2. The molecule has 0 aliphatic carbocycles. The van der Waals surface area contributed by atoms with Crippen molar-refractivity contribution >= 4 is 11.6 Å². The lowest BCUT2D eigenvalue weighted by molar-refractivity contribution is -0.138. The van der Waals surface area contributed by atoms with Gasteiger partial charge in [-0.3, -0.25) is 9.69 Å². The molecule has 0 radical (unpaired) electrons. The Kier molecular flexibility index (Phi) is 6.38. The topological polar surface area (TPSA) is 36.1 Å². The summed E-state index contributed by atoms with van der Waals surface area (Å²) in [5.74, 6) is 6.13. The summed E-state index contributed by atoms with van der Waals surface area (Å²) >= 11 is 6.11. The number of aryl methyl sites for hydroxylation is 2. The van der Waals surface area contributed by atoms with E-state index in [0.717, 1.165) is 28.5 Å². The lowest BCUT2D eigenvalue weighted by Gasteiger charge is -2.29. The molecule has 170 valence electrons. The van der Waals surface area contributed by atoms with Crippen LogP contribution in [0.5, 0.6) is 0 Å². The van der Waals surface area contributed by atoms with E-state index >= 15 is 0 Å². The Morgan fingerprint density at radius 3 is 2.52 bits per heavy atom. The first kappa shape index (κ1) is 23.2. The Morgan fingerprint density at radius 1 is 1.09 bits per heavy atom. The minimum absolute atomic E-state index is 0.177. The predicted molar refractivity (Wildman–Crippen MR) is 124 cm³/mol. The molecule has 0 atom stereocenters. The van der Waals surface area contributed by atoms with E-state index in [9.17, 15) is 18.0 Å². The molecule has 0 unspecified atom stereocenters. The van der Waals surface area contributed by atoms with Crippen LogP contribution in [0.2, 0.25) is 5.02 Å². The number of H-pyrrole nitrogens is 1. The molecule has 3 nitrogen and oxygen atoms in total.